The van der Waals surface area contributed by atoms with E-state index in [9.17, 15) is 0 Å². The maximum atomic E-state index is 9.03. The Morgan fingerprint density at radius 1 is 1.38 bits per heavy atom. The molecule has 0 spiro atoms. The van der Waals surface area contributed by atoms with Crippen molar-refractivity contribution >= 4 is 5.70 Å². The van der Waals surface area contributed by atoms with Crippen molar-refractivity contribution < 1.29 is 0 Å². The maximum Gasteiger partial charge on any atom is 0.0994 e. The van der Waals surface area contributed by atoms with Crippen molar-refractivity contribution in [3.63, 3.8) is 0 Å². The van der Waals surface area contributed by atoms with Gasteiger partial charge < -0.3 is 5.32 Å². The van der Waals surface area contributed by atoms with Gasteiger partial charge in [-0.3, -0.25) is 0 Å². The van der Waals surface area contributed by atoms with E-state index in [1.165, 1.54) is 5.56 Å². The standard InChI is InChI=1S/C14H18N2/c1-5-6-14(16-4)13-8-12(9-15)10(2)7-11(13)3/h6-8,16H,5H2,1-4H3/b14-6+. The second-order valence-corrected chi connectivity index (χ2v) is 3.87. The van der Waals surface area contributed by atoms with Gasteiger partial charge in [-0.15, -0.1) is 0 Å². The number of allylic oxidation sites excluding steroid dienone is 1. The molecule has 0 aromatic heterocycles. The molecule has 0 bridgehead atoms. The first-order chi connectivity index (χ1) is 7.63. The van der Waals surface area contributed by atoms with Crippen molar-refractivity contribution in [3.8, 4) is 6.07 Å². The molecule has 0 saturated carbocycles. The summed E-state index contributed by atoms with van der Waals surface area (Å²) >= 11 is 0. The summed E-state index contributed by atoms with van der Waals surface area (Å²) in [7, 11) is 1.91. The molecule has 0 atom stereocenters. The molecule has 0 unspecified atom stereocenters. The largest absolute Gasteiger partial charge is 0.388 e. The van der Waals surface area contributed by atoms with Crippen LogP contribution in [0.15, 0.2) is 18.2 Å². The van der Waals surface area contributed by atoms with Gasteiger partial charge in [-0.25, -0.2) is 0 Å². The van der Waals surface area contributed by atoms with Crippen LogP contribution in [0.2, 0.25) is 0 Å². The van der Waals surface area contributed by atoms with Crippen LogP contribution in [0.3, 0.4) is 0 Å². The average Bonchev–Trinajstić information content (AvgIpc) is 2.27. The number of nitriles is 1. The van der Waals surface area contributed by atoms with E-state index in [0.717, 1.165) is 28.8 Å². The van der Waals surface area contributed by atoms with E-state index < -0.39 is 0 Å². The molecule has 2 nitrogen and oxygen atoms in total. The lowest BCUT2D eigenvalue weighted by atomic mass is 9.98. The summed E-state index contributed by atoms with van der Waals surface area (Å²) in [4.78, 5) is 0. The quantitative estimate of drug-likeness (QED) is 0.839. The van der Waals surface area contributed by atoms with Crippen LogP contribution in [0.5, 0.6) is 0 Å². The van der Waals surface area contributed by atoms with E-state index in [2.05, 4.69) is 37.4 Å². The third-order valence-corrected chi connectivity index (χ3v) is 2.66. The molecule has 0 amide bonds. The zero-order chi connectivity index (χ0) is 12.1. The fraction of sp³-hybridized carbons (Fsp3) is 0.357. The zero-order valence-corrected chi connectivity index (χ0v) is 10.4. The molecule has 0 fully saturated rings. The molecule has 0 aliphatic carbocycles. The summed E-state index contributed by atoms with van der Waals surface area (Å²) in [6.07, 6.45) is 3.12. The van der Waals surface area contributed by atoms with Gasteiger partial charge in [-0.2, -0.15) is 5.26 Å². The normalized spacial score (nSPS) is 11.1. The van der Waals surface area contributed by atoms with Crippen LogP contribution in [-0.4, -0.2) is 7.05 Å². The minimum atomic E-state index is 0.748. The van der Waals surface area contributed by atoms with Crippen molar-refractivity contribution in [1.82, 2.24) is 5.32 Å². The first-order valence-electron chi connectivity index (χ1n) is 5.53. The van der Waals surface area contributed by atoms with Crippen molar-refractivity contribution in [2.24, 2.45) is 0 Å². The highest BCUT2D eigenvalue weighted by Crippen LogP contribution is 2.21. The van der Waals surface area contributed by atoms with E-state index in [4.69, 9.17) is 5.26 Å². The third kappa shape index (κ3) is 2.43. The van der Waals surface area contributed by atoms with E-state index in [1.54, 1.807) is 0 Å². The smallest absolute Gasteiger partial charge is 0.0994 e. The minimum Gasteiger partial charge on any atom is -0.388 e. The fourth-order valence-electron chi connectivity index (χ4n) is 1.81. The highest BCUT2D eigenvalue weighted by molar-refractivity contribution is 5.68. The molecular formula is C14H18N2. The van der Waals surface area contributed by atoms with Crippen LogP contribution >= 0.6 is 0 Å². The third-order valence-electron chi connectivity index (χ3n) is 2.66. The van der Waals surface area contributed by atoms with Crippen molar-refractivity contribution in [3.05, 3.63) is 40.5 Å². The summed E-state index contributed by atoms with van der Waals surface area (Å²) < 4.78 is 0. The van der Waals surface area contributed by atoms with Crippen molar-refractivity contribution in [2.75, 3.05) is 7.05 Å². The van der Waals surface area contributed by atoms with Gasteiger partial charge in [0.25, 0.3) is 0 Å². The monoisotopic (exact) mass is 214 g/mol. The molecule has 0 heterocycles. The number of rotatable bonds is 3. The predicted octanol–water partition coefficient (Wildman–Crippen LogP) is 3.15. The maximum absolute atomic E-state index is 9.03. The lowest BCUT2D eigenvalue weighted by Crippen LogP contribution is -2.07. The highest BCUT2D eigenvalue weighted by Gasteiger charge is 2.07. The van der Waals surface area contributed by atoms with Gasteiger partial charge in [-0.05, 0) is 37.5 Å². The number of aryl methyl sites for hydroxylation is 2. The summed E-state index contributed by atoms with van der Waals surface area (Å²) in [5.74, 6) is 0. The van der Waals surface area contributed by atoms with E-state index in [-0.39, 0.29) is 0 Å². The molecule has 0 aliphatic heterocycles. The Bertz CT molecular complexity index is 451. The Morgan fingerprint density at radius 3 is 2.56 bits per heavy atom. The van der Waals surface area contributed by atoms with Crippen molar-refractivity contribution in [2.45, 2.75) is 27.2 Å². The Hall–Kier alpha value is -1.75. The Morgan fingerprint density at radius 2 is 2.06 bits per heavy atom. The average molecular weight is 214 g/mol. The zero-order valence-electron chi connectivity index (χ0n) is 10.4. The molecule has 1 aromatic carbocycles. The lowest BCUT2D eigenvalue weighted by Gasteiger charge is -2.12. The molecule has 0 radical (unpaired) electrons. The molecular weight excluding hydrogens is 196 g/mol. The summed E-state index contributed by atoms with van der Waals surface area (Å²) in [6, 6.07) is 6.25. The first kappa shape index (κ1) is 12.3. The lowest BCUT2D eigenvalue weighted by molar-refractivity contribution is 1.09. The number of benzene rings is 1. The van der Waals surface area contributed by atoms with Crippen LogP contribution in [-0.2, 0) is 0 Å². The number of nitrogens with zero attached hydrogens (tertiary/aromatic N) is 1. The molecule has 1 N–H and O–H groups in total. The molecule has 16 heavy (non-hydrogen) atoms. The van der Waals surface area contributed by atoms with E-state index in [1.807, 2.05) is 20.0 Å². The second-order valence-electron chi connectivity index (χ2n) is 3.87. The van der Waals surface area contributed by atoms with Gasteiger partial charge in [0.05, 0.1) is 11.6 Å². The SMILES string of the molecule is CC/C=C(/NC)c1cc(C#N)c(C)cc1C. The molecule has 1 aromatic rings. The minimum absolute atomic E-state index is 0.748. The summed E-state index contributed by atoms with van der Waals surface area (Å²) in [5.41, 5.74) is 5.20. The van der Waals surface area contributed by atoms with Gasteiger partial charge in [0.1, 0.15) is 0 Å². The van der Waals surface area contributed by atoms with E-state index in [0.29, 0.717) is 0 Å². The number of hydrogen-bond acceptors (Lipinski definition) is 2. The highest BCUT2D eigenvalue weighted by atomic mass is 14.8. The van der Waals surface area contributed by atoms with Gasteiger partial charge in [0.15, 0.2) is 0 Å². The molecule has 84 valence electrons. The van der Waals surface area contributed by atoms with Crippen LogP contribution < -0.4 is 5.32 Å². The molecule has 0 aliphatic rings. The first-order valence-corrected chi connectivity index (χ1v) is 5.53. The number of hydrogen-bond donors (Lipinski definition) is 1. The fourth-order valence-corrected chi connectivity index (χ4v) is 1.81. The van der Waals surface area contributed by atoms with Crippen LogP contribution in [0.25, 0.3) is 5.70 Å². The van der Waals surface area contributed by atoms with Gasteiger partial charge in [-0.1, -0.05) is 19.1 Å². The van der Waals surface area contributed by atoms with Gasteiger partial charge >= 0.3 is 0 Å². The summed E-state index contributed by atoms with van der Waals surface area (Å²) in [6.45, 7) is 6.15. The van der Waals surface area contributed by atoms with Crippen LogP contribution in [0.4, 0.5) is 0 Å². The molecule has 1 rings (SSSR count). The Labute approximate surface area is 97.6 Å². The number of nitrogens with one attached hydrogen (secondary N) is 1. The van der Waals surface area contributed by atoms with Gasteiger partial charge in [0, 0.05) is 18.3 Å². The summed E-state index contributed by atoms with van der Waals surface area (Å²) in [5, 5.41) is 12.2. The Kier molecular flexibility index (Phi) is 4.13. The second kappa shape index (κ2) is 5.37. The molecule has 0 saturated heterocycles. The Balaban J connectivity index is 3.34. The topological polar surface area (TPSA) is 35.8 Å². The van der Waals surface area contributed by atoms with Crippen LogP contribution in [0, 0.1) is 25.2 Å². The van der Waals surface area contributed by atoms with E-state index >= 15 is 0 Å². The van der Waals surface area contributed by atoms with Crippen molar-refractivity contribution in [1.29, 1.82) is 5.26 Å². The van der Waals surface area contributed by atoms with Crippen LogP contribution in [0.1, 0.15) is 35.6 Å². The molecule has 2 heteroatoms. The van der Waals surface area contributed by atoms with Gasteiger partial charge in [0.2, 0.25) is 0 Å². The predicted molar refractivity (Wildman–Crippen MR) is 68.0 cm³/mol.